The SMILES string of the molecule is CCCCCCCCCCCC(=O)N[C@@H](C(=O)O)C(C)O. The van der Waals surface area contributed by atoms with Gasteiger partial charge in [0.15, 0.2) is 6.04 Å². The molecule has 0 fully saturated rings. The fraction of sp³-hybridized carbons (Fsp3) is 0.875. The molecule has 5 heteroatoms. The number of carbonyl (C=O) groups excluding carboxylic acids is 1. The van der Waals surface area contributed by atoms with Crippen molar-refractivity contribution in [2.24, 2.45) is 0 Å². The topological polar surface area (TPSA) is 86.6 Å². The molecular formula is C16H31NO4. The maximum atomic E-state index is 11.6. The Bertz CT molecular complexity index is 292. The van der Waals surface area contributed by atoms with Gasteiger partial charge in [-0.3, -0.25) is 4.79 Å². The first-order valence-electron chi connectivity index (χ1n) is 8.19. The summed E-state index contributed by atoms with van der Waals surface area (Å²) in [4.78, 5) is 22.4. The fourth-order valence-corrected chi connectivity index (χ4v) is 2.23. The van der Waals surface area contributed by atoms with Gasteiger partial charge in [0.2, 0.25) is 5.91 Å². The van der Waals surface area contributed by atoms with E-state index in [0.29, 0.717) is 6.42 Å². The molecule has 0 radical (unpaired) electrons. The molecule has 0 aromatic carbocycles. The van der Waals surface area contributed by atoms with Crippen molar-refractivity contribution >= 4 is 11.9 Å². The van der Waals surface area contributed by atoms with Crippen LogP contribution >= 0.6 is 0 Å². The number of hydrogen-bond acceptors (Lipinski definition) is 3. The van der Waals surface area contributed by atoms with Gasteiger partial charge in [0.25, 0.3) is 0 Å². The van der Waals surface area contributed by atoms with Gasteiger partial charge in [-0.05, 0) is 13.3 Å². The van der Waals surface area contributed by atoms with Crippen LogP contribution in [0.3, 0.4) is 0 Å². The van der Waals surface area contributed by atoms with Crippen molar-refractivity contribution in [2.75, 3.05) is 0 Å². The highest BCUT2D eigenvalue weighted by atomic mass is 16.4. The molecule has 0 saturated heterocycles. The van der Waals surface area contributed by atoms with E-state index in [1.165, 1.54) is 45.4 Å². The highest BCUT2D eigenvalue weighted by Crippen LogP contribution is 2.10. The monoisotopic (exact) mass is 301 g/mol. The van der Waals surface area contributed by atoms with E-state index in [2.05, 4.69) is 12.2 Å². The van der Waals surface area contributed by atoms with Crippen molar-refractivity contribution in [1.82, 2.24) is 5.32 Å². The van der Waals surface area contributed by atoms with Crippen LogP contribution in [0.1, 0.15) is 78.1 Å². The zero-order valence-corrected chi connectivity index (χ0v) is 13.4. The molecule has 0 aliphatic carbocycles. The first-order chi connectivity index (χ1) is 9.99. The van der Waals surface area contributed by atoms with Gasteiger partial charge in [-0.1, -0.05) is 58.3 Å². The quantitative estimate of drug-likeness (QED) is 0.457. The summed E-state index contributed by atoms with van der Waals surface area (Å²) < 4.78 is 0. The van der Waals surface area contributed by atoms with E-state index < -0.39 is 18.1 Å². The summed E-state index contributed by atoms with van der Waals surface area (Å²) in [5.41, 5.74) is 0. The third-order valence-electron chi connectivity index (χ3n) is 3.57. The summed E-state index contributed by atoms with van der Waals surface area (Å²) >= 11 is 0. The van der Waals surface area contributed by atoms with Gasteiger partial charge in [-0.15, -0.1) is 0 Å². The second-order valence-electron chi connectivity index (χ2n) is 5.70. The molecular weight excluding hydrogens is 270 g/mol. The first-order valence-corrected chi connectivity index (χ1v) is 8.19. The molecule has 3 N–H and O–H groups in total. The van der Waals surface area contributed by atoms with E-state index in [-0.39, 0.29) is 5.91 Å². The smallest absolute Gasteiger partial charge is 0.328 e. The molecule has 21 heavy (non-hydrogen) atoms. The van der Waals surface area contributed by atoms with E-state index in [1.807, 2.05) is 0 Å². The number of hydrogen-bond donors (Lipinski definition) is 3. The molecule has 0 rings (SSSR count). The Kier molecular flexibility index (Phi) is 12.0. The van der Waals surface area contributed by atoms with Gasteiger partial charge < -0.3 is 15.5 Å². The minimum absolute atomic E-state index is 0.300. The van der Waals surface area contributed by atoms with Crippen molar-refractivity contribution < 1.29 is 19.8 Å². The summed E-state index contributed by atoms with van der Waals surface area (Å²) in [6.45, 7) is 3.56. The normalized spacial score (nSPS) is 13.7. The summed E-state index contributed by atoms with van der Waals surface area (Å²) in [5, 5.41) is 20.5. The zero-order chi connectivity index (χ0) is 16.1. The van der Waals surface area contributed by atoms with Crippen LogP contribution in [0.5, 0.6) is 0 Å². The number of aliphatic hydroxyl groups excluding tert-OH is 1. The first kappa shape index (κ1) is 19.9. The molecule has 2 atom stereocenters. The molecule has 1 unspecified atom stereocenters. The van der Waals surface area contributed by atoms with E-state index in [0.717, 1.165) is 19.3 Å². The lowest BCUT2D eigenvalue weighted by Crippen LogP contribution is -2.47. The maximum Gasteiger partial charge on any atom is 0.328 e. The highest BCUT2D eigenvalue weighted by molar-refractivity contribution is 5.83. The van der Waals surface area contributed by atoms with E-state index in [1.54, 1.807) is 0 Å². The predicted octanol–water partition coefficient (Wildman–Crippen LogP) is 2.86. The summed E-state index contributed by atoms with van der Waals surface area (Å²) in [7, 11) is 0. The van der Waals surface area contributed by atoms with E-state index >= 15 is 0 Å². The number of carboxylic acid groups (broad SMARTS) is 1. The lowest BCUT2D eigenvalue weighted by molar-refractivity contribution is -0.144. The molecule has 0 aliphatic heterocycles. The summed E-state index contributed by atoms with van der Waals surface area (Å²) in [6.07, 6.45) is 9.77. The van der Waals surface area contributed by atoms with Crippen molar-refractivity contribution in [3.05, 3.63) is 0 Å². The number of carbonyl (C=O) groups is 2. The number of nitrogens with one attached hydrogen (secondary N) is 1. The molecule has 0 saturated carbocycles. The van der Waals surface area contributed by atoms with Crippen molar-refractivity contribution in [3.63, 3.8) is 0 Å². The molecule has 0 aliphatic rings. The van der Waals surface area contributed by atoms with Crippen LogP contribution in [-0.4, -0.2) is 34.2 Å². The molecule has 5 nitrogen and oxygen atoms in total. The van der Waals surface area contributed by atoms with Crippen molar-refractivity contribution in [3.8, 4) is 0 Å². The van der Waals surface area contributed by atoms with Crippen molar-refractivity contribution in [1.29, 1.82) is 0 Å². The van der Waals surface area contributed by atoms with Gasteiger partial charge in [0.1, 0.15) is 0 Å². The predicted molar refractivity (Wildman–Crippen MR) is 83.1 cm³/mol. The van der Waals surface area contributed by atoms with Crippen LogP contribution in [-0.2, 0) is 9.59 Å². The molecule has 0 heterocycles. The zero-order valence-electron chi connectivity index (χ0n) is 13.4. The number of carboxylic acids is 1. The van der Waals surface area contributed by atoms with Gasteiger partial charge in [0, 0.05) is 6.42 Å². The minimum Gasteiger partial charge on any atom is -0.480 e. The second-order valence-corrected chi connectivity index (χ2v) is 5.70. The van der Waals surface area contributed by atoms with Gasteiger partial charge >= 0.3 is 5.97 Å². The fourth-order valence-electron chi connectivity index (χ4n) is 2.23. The van der Waals surface area contributed by atoms with Crippen LogP contribution in [0, 0.1) is 0 Å². The van der Waals surface area contributed by atoms with Crippen LogP contribution in [0.4, 0.5) is 0 Å². The van der Waals surface area contributed by atoms with E-state index in [9.17, 15) is 14.7 Å². The lowest BCUT2D eigenvalue weighted by Gasteiger charge is -2.16. The van der Waals surface area contributed by atoms with Crippen LogP contribution in [0.2, 0.25) is 0 Å². The number of amides is 1. The molecule has 0 spiro atoms. The largest absolute Gasteiger partial charge is 0.480 e. The van der Waals surface area contributed by atoms with Crippen LogP contribution < -0.4 is 5.32 Å². The number of rotatable bonds is 13. The van der Waals surface area contributed by atoms with Crippen LogP contribution in [0.25, 0.3) is 0 Å². The Morgan fingerprint density at radius 2 is 1.43 bits per heavy atom. The third kappa shape index (κ3) is 11.3. The maximum absolute atomic E-state index is 11.6. The summed E-state index contributed by atoms with van der Waals surface area (Å²) in [5.74, 6) is -1.50. The minimum atomic E-state index is -1.21. The number of unbranched alkanes of at least 4 members (excludes halogenated alkanes) is 8. The molecule has 1 amide bonds. The lowest BCUT2D eigenvalue weighted by atomic mass is 10.1. The van der Waals surface area contributed by atoms with Gasteiger partial charge in [-0.25, -0.2) is 4.79 Å². The molecule has 0 aromatic rings. The number of aliphatic carboxylic acids is 1. The van der Waals surface area contributed by atoms with Crippen molar-refractivity contribution in [2.45, 2.75) is 90.2 Å². The Morgan fingerprint density at radius 1 is 0.952 bits per heavy atom. The number of aliphatic hydroxyl groups is 1. The van der Waals surface area contributed by atoms with Crippen LogP contribution in [0.15, 0.2) is 0 Å². The Balaban J connectivity index is 3.55. The molecule has 0 aromatic heterocycles. The Hall–Kier alpha value is -1.10. The Labute approximate surface area is 128 Å². The van der Waals surface area contributed by atoms with Gasteiger partial charge in [-0.2, -0.15) is 0 Å². The average molecular weight is 301 g/mol. The standard InChI is InChI=1S/C16H31NO4/c1-3-4-5-6-7-8-9-10-11-12-14(19)17-15(13(2)18)16(20)21/h13,15,18H,3-12H2,1-2H3,(H,17,19)(H,20,21)/t13?,15-/m1/s1. The Morgan fingerprint density at radius 3 is 1.86 bits per heavy atom. The average Bonchev–Trinajstić information content (AvgIpc) is 2.42. The second kappa shape index (κ2) is 12.6. The highest BCUT2D eigenvalue weighted by Gasteiger charge is 2.24. The molecule has 124 valence electrons. The third-order valence-corrected chi connectivity index (χ3v) is 3.57. The molecule has 0 bridgehead atoms. The summed E-state index contributed by atoms with van der Waals surface area (Å²) in [6, 6.07) is -1.21. The van der Waals surface area contributed by atoms with Gasteiger partial charge in [0.05, 0.1) is 6.10 Å². The van der Waals surface area contributed by atoms with E-state index in [4.69, 9.17) is 5.11 Å².